The highest BCUT2D eigenvalue weighted by Crippen LogP contribution is 2.13. The molecular formula is C21H26BrNO3. The minimum absolute atomic E-state index is 0.172. The van der Waals surface area contributed by atoms with Crippen LogP contribution in [0, 0.1) is 0 Å². The van der Waals surface area contributed by atoms with Gasteiger partial charge in [-0.2, -0.15) is 0 Å². The number of nitrogens with one attached hydrogen (secondary N) is 1. The minimum atomic E-state index is -0.531. The van der Waals surface area contributed by atoms with E-state index in [1.807, 2.05) is 75.4 Å². The Morgan fingerprint density at radius 2 is 1.69 bits per heavy atom. The van der Waals surface area contributed by atoms with E-state index in [2.05, 4.69) is 21.2 Å². The lowest BCUT2D eigenvalue weighted by molar-refractivity contribution is 0.0429. The van der Waals surface area contributed by atoms with Crippen LogP contribution in [0.3, 0.4) is 0 Å². The maximum Gasteiger partial charge on any atom is 0.407 e. The molecule has 0 fully saturated rings. The monoisotopic (exact) mass is 419 g/mol. The number of alkyl carbamates (subject to hydrolysis) is 1. The van der Waals surface area contributed by atoms with Crippen molar-refractivity contribution in [1.29, 1.82) is 0 Å². The summed E-state index contributed by atoms with van der Waals surface area (Å²) in [7, 11) is 0. The average molecular weight is 420 g/mol. The summed E-state index contributed by atoms with van der Waals surface area (Å²) >= 11 is 3.44. The van der Waals surface area contributed by atoms with E-state index in [1.165, 1.54) is 0 Å². The average Bonchev–Trinajstić information content (AvgIpc) is 2.56. The van der Waals surface area contributed by atoms with E-state index >= 15 is 0 Å². The van der Waals surface area contributed by atoms with Gasteiger partial charge in [0.25, 0.3) is 0 Å². The van der Waals surface area contributed by atoms with E-state index in [1.54, 1.807) is 0 Å². The van der Waals surface area contributed by atoms with Crippen LogP contribution in [0.1, 0.15) is 31.9 Å². The third-order valence-corrected chi connectivity index (χ3v) is 4.08. The molecule has 1 amide bonds. The maximum absolute atomic E-state index is 12.2. The molecule has 1 N–H and O–H groups in total. The van der Waals surface area contributed by atoms with Crippen molar-refractivity contribution >= 4 is 22.0 Å². The first kappa shape index (κ1) is 20.5. The molecule has 2 aromatic rings. The van der Waals surface area contributed by atoms with Crippen LogP contribution in [0.4, 0.5) is 4.79 Å². The van der Waals surface area contributed by atoms with Crippen molar-refractivity contribution in [1.82, 2.24) is 5.32 Å². The van der Waals surface area contributed by atoms with Crippen molar-refractivity contribution in [3.05, 3.63) is 70.2 Å². The summed E-state index contributed by atoms with van der Waals surface area (Å²) in [6, 6.07) is 17.9. The molecular weight excluding hydrogens is 394 g/mol. The number of hydrogen-bond acceptors (Lipinski definition) is 3. The number of hydrogen-bond donors (Lipinski definition) is 1. The molecule has 4 nitrogen and oxygen atoms in total. The van der Waals surface area contributed by atoms with Crippen molar-refractivity contribution in [3.63, 3.8) is 0 Å². The highest BCUT2D eigenvalue weighted by molar-refractivity contribution is 9.10. The molecule has 26 heavy (non-hydrogen) atoms. The summed E-state index contributed by atoms with van der Waals surface area (Å²) in [5.74, 6) is 0. The second kappa shape index (κ2) is 9.74. The van der Waals surface area contributed by atoms with E-state index in [4.69, 9.17) is 9.47 Å². The number of carbonyl (C=O) groups excluding carboxylic acids is 1. The summed E-state index contributed by atoms with van der Waals surface area (Å²) in [4.78, 5) is 12.2. The number of carbonyl (C=O) groups is 1. The molecule has 0 spiro atoms. The molecule has 0 saturated carbocycles. The van der Waals surface area contributed by atoms with Gasteiger partial charge in [0.15, 0.2) is 0 Å². The fourth-order valence-electron chi connectivity index (χ4n) is 2.42. The SMILES string of the molecule is CC(C)(C)OC(=O)N[C@H](COCc1ccccc1)Cc1ccc(Br)cc1. The Bertz CT molecular complexity index is 681. The summed E-state index contributed by atoms with van der Waals surface area (Å²) in [5, 5.41) is 2.93. The fraction of sp³-hybridized carbons (Fsp3) is 0.381. The normalized spacial score (nSPS) is 12.5. The Kier molecular flexibility index (Phi) is 7.66. The van der Waals surface area contributed by atoms with Gasteiger partial charge in [-0.1, -0.05) is 58.4 Å². The van der Waals surface area contributed by atoms with Crippen LogP contribution in [0.2, 0.25) is 0 Å². The van der Waals surface area contributed by atoms with E-state index < -0.39 is 11.7 Å². The van der Waals surface area contributed by atoms with Gasteiger partial charge >= 0.3 is 6.09 Å². The number of rotatable bonds is 7. The number of amides is 1. The summed E-state index contributed by atoms with van der Waals surface area (Å²) in [5.41, 5.74) is 1.70. The molecule has 2 rings (SSSR count). The van der Waals surface area contributed by atoms with Crippen LogP contribution in [-0.2, 0) is 22.5 Å². The van der Waals surface area contributed by atoms with Crippen LogP contribution >= 0.6 is 15.9 Å². The molecule has 0 aromatic heterocycles. The van der Waals surface area contributed by atoms with Crippen LogP contribution in [0.5, 0.6) is 0 Å². The lowest BCUT2D eigenvalue weighted by Crippen LogP contribution is -2.42. The molecule has 5 heteroatoms. The van der Waals surface area contributed by atoms with Gasteiger partial charge in [0.05, 0.1) is 19.3 Å². The summed E-state index contributed by atoms with van der Waals surface area (Å²) < 4.78 is 12.2. The quantitative estimate of drug-likeness (QED) is 0.678. The van der Waals surface area contributed by atoms with Crippen LogP contribution in [-0.4, -0.2) is 24.3 Å². The van der Waals surface area contributed by atoms with E-state index in [-0.39, 0.29) is 6.04 Å². The molecule has 0 aliphatic rings. The second-order valence-corrected chi connectivity index (χ2v) is 8.09. The van der Waals surface area contributed by atoms with E-state index in [9.17, 15) is 4.79 Å². The van der Waals surface area contributed by atoms with Gasteiger partial charge in [0.1, 0.15) is 5.60 Å². The molecule has 0 heterocycles. The van der Waals surface area contributed by atoms with Crippen LogP contribution < -0.4 is 5.32 Å². The van der Waals surface area contributed by atoms with Crippen molar-refractivity contribution < 1.29 is 14.3 Å². The van der Waals surface area contributed by atoms with Gasteiger partial charge in [-0.05, 0) is 50.5 Å². The standard InChI is InChI=1S/C21H26BrNO3/c1-21(2,3)26-20(24)23-19(13-16-9-11-18(22)12-10-16)15-25-14-17-7-5-4-6-8-17/h4-12,19H,13-15H2,1-3H3,(H,23,24)/t19-/m0/s1. The Morgan fingerprint density at radius 1 is 1.04 bits per heavy atom. The van der Waals surface area contributed by atoms with Gasteiger partial charge in [0.2, 0.25) is 0 Å². The lowest BCUT2D eigenvalue weighted by Gasteiger charge is -2.24. The zero-order chi connectivity index (χ0) is 19.0. The molecule has 1 atom stereocenters. The lowest BCUT2D eigenvalue weighted by atomic mass is 10.1. The Morgan fingerprint density at radius 3 is 2.31 bits per heavy atom. The van der Waals surface area contributed by atoms with Gasteiger partial charge in [-0.3, -0.25) is 0 Å². The highest BCUT2D eigenvalue weighted by Gasteiger charge is 2.20. The molecule has 2 aromatic carbocycles. The van der Waals surface area contributed by atoms with Gasteiger partial charge in [0, 0.05) is 4.47 Å². The third kappa shape index (κ3) is 8.02. The molecule has 0 radical (unpaired) electrons. The first-order chi connectivity index (χ1) is 12.3. The summed E-state index contributed by atoms with van der Waals surface area (Å²) in [6.07, 6.45) is 0.240. The Hall–Kier alpha value is -1.85. The third-order valence-electron chi connectivity index (χ3n) is 3.55. The Balaban J connectivity index is 1.95. The zero-order valence-electron chi connectivity index (χ0n) is 15.5. The van der Waals surface area contributed by atoms with Crippen LogP contribution in [0.25, 0.3) is 0 Å². The minimum Gasteiger partial charge on any atom is -0.444 e. The molecule has 0 saturated heterocycles. The predicted octanol–water partition coefficient (Wildman–Crippen LogP) is 5.10. The number of benzene rings is 2. The largest absolute Gasteiger partial charge is 0.444 e. The van der Waals surface area contributed by atoms with Gasteiger partial charge in [-0.25, -0.2) is 4.79 Å². The van der Waals surface area contributed by atoms with Crippen molar-refractivity contribution in [2.75, 3.05) is 6.61 Å². The van der Waals surface area contributed by atoms with E-state index in [0.717, 1.165) is 15.6 Å². The summed E-state index contributed by atoms with van der Waals surface area (Å²) in [6.45, 7) is 6.46. The molecule has 0 aliphatic heterocycles. The van der Waals surface area contributed by atoms with Gasteiger partial charge < -0.3 is 14.8 Å². The van der Waals surface area contributed by atoms with Crippen LogP contribution in [0.15, 0.2) is 59.1 Å². The first-order valence-corrected chi connectivity index (χ1v) is 9.47. The zero-order valence-corrected chi connectivity index (χ0v) is 17.1. The number of halogens is 1. The fourth-order valence-corrected chi connectivity index (χ4v) is 2.69. The Labute approximate surface area is 164 Å². The first-order valence-electron chi connectivity index (χ1n) is 8.67. The molecule has 0 bridgehead atoms. The second-order valence-electron chi connectivity index (χ2n) is 7.17. The smallest absolute Gasteiger partial charge is 0.407 e. The van der Waals surface area contributed by atoms with Crippen molar-refractivity contribution in [3.8, 4) is 0 Å². The highest BCUT2D eigenvalue weighted by atomic mass is 79.9. The molecule has 140 valence electrons. The number of ether oxygens (including phenoxy) is 2. The molecule has 0 aliphatic carbocycles. The predicted molar refractivity (Wildman–Crippen MR) is 107 cm³/mol. The maximum atomic E-state index is 12.2. The van der Waals surface area contributed by atoms with Gasteiger partial charge in [-0.15, -0.1) is 0 Å². The van der Waals surface area contributed by atoms with E-state index in [0.29, 0.717) is 19.6 Å². The topological polar surface area (TPSA) is 47.6 Å². The van der Waals surface area contributed by atoms with Crippen molar-refractivity contribution in [2.45, 2.75) is 45.4 Å². The molecule has 0 unspecified atom stereocenters. The van der Waals surface area contributed by atoms with Crippen molar-refractivity contribution in [2.24, 2.45) is 0 Å².